The van der Waals surface area contributed by atoms with Crippen LogP contribution < -0.4 is 0 Å². The minimum absolute atomic E-state index is 0.0521. The molecule has 3 atom stereocenters. The molecule has 1 aliphatic rings. The van der Waals surface area contributed by atoms with Gasteiger partial charge in [-0.3, -0.25) is 0 Å². The molecular weight excluding hydrogens is 166 g/mol. The summed E-state index contributed by atoms with van der Waals surface area (Å²) in [5.41, 5.74) is 8.38. The van der Waals surface area contributed by atoms with E-state index < -0.39 is 0 Å². The number of hydrogen-bond acceptors (Lipinski definition) is 2. The Kier molecular flexibility index (Phi) is 2.84. The molecule has 3 unspecified atom stereocenters. The van der Waals surface area contributed by atoms with E-state index >= 15 is 0 Å². The molecule has 0 spiro atoms. The summed E-state index contributed by atoms with van der Waals surface area (Å²) >= 11 is 0. The maximum absolute atomic E-state index is 8.44. The van der Waals surface area contributed by atoms with Crippen molar-refractivity contribution in [2.75, 3.05) is 0 Å². The van der Waals surface area contributed by atoms with Crippen molar-refractivity contribution in [1.82, 2.24) is 0 Å². The molecule has 0 aromatic heterocycles. The fraction of sp³-hybridized carbons (Fsp3) is 1.00. The molecule has 74 valence electrons. The number of rotatable bonds is 1. The Morgan fingerprint density at radius 3 is 2.62 bits per heavy atom. The topological polar surface area (TPSA) is 58.0 Å². The summed E-state index contributed by atoms with van der Waals surface area (Å²) in [4.78, 5) is 2.89. The number of nitrogens with zero attached hydrogens (tertiary/aromatic N) is 3. The molecule has 0 N–H and O–H groups in total. The first kappa shape index (κ1) is 10.4. The Morgan fingerprint density at radius 1 is 1.46 bits per heavy atom. The van der Waals surface area contributed by atoms with Crippen LogP contribution in [0.2, 0.25) is 0 Å². The molecule has 1 heterocycles. The molecule has 1 fully saturated rings. The Morgan fingerprint density at radius 2 is 2.08 bits per heavy atom. The van der Waals surface area contributed by atoms with Gasteiger partial charge in [0, 0.05) is 11.0 Å². The molecular formula is C9H17N3O. The van der Waals surface area contributed by atoms with Gasteiger partial charge in [0.05, 0.1) is 12.2 Å². The largest absolute Gasteiger partial charge is 0.375 e. The van der Waals surface area contributed by atoms with Gasteiger partial charge in [-0.25, -0.2) is 0 Å². The molecule has 0 aromatic carbocycles. The summed E-state index contributed by atoms with van der Waals surface area (Å²) in [6.45, 7) is 8.23. The third-order valence-corrected chi connectivity index (χ3v) is 3.09. The fourth-order valence-electron chi connectivity index (χ4n) is 1.73. The van der Waals surface area contributed by atoms with Crippen molar-refractivity contribution < 1.29 is 4.74 Å². The molecule has 1 aliphatic heterocycles. The zero-order valence-electron chi connectivity index (χ0n) is 8.69. The van der Waals surface area contributed by atoms with Gasteiger partial charge in [-0.2, -0.15) is 0 Å². The summed E-state index contributed by atoms with van der Waals surface area (Å²) in [7, 11) is 0. The van der Waals surface area contributed by atoms with E-state index in [2.05, 4.69) is 23.9 Å². The zero-order chi connectivity index (χ0) is 10.1. The number of azide groups is 1. The van der Waals surface area contributed by atoms with Crippen LogP contribution in [0.15, 0.2) is 5.11 Å². The Labute approximate surface area is 78.9 Å². The lowest BCUT2D eigenvalue weighted by atomic mass is 9.75. The predicted molar refractivity (Wildman–Crippen MR) is 51.3 cm³/mol. The lowest BCUT2D eigenvalue weighted by Crippen LogP contribution is -2.47. The van der Waals surface area contributed by atoms with E-state index in [1.54, 1.807) is 0 Å². The van der Waals surface area contributed by atoms with Crippen molar-refractivity contribution in [2.45, 2.75) is 52.4 Å². The van der Waals surface area contributed by atoms with Gasteiger partial charge in [0.1, 0.15) is 0 Å². The molecule has 0 bridgehead atoms. The van der Waals surface area contributed by atoms with Gasteiger partial charge in [0.25, 0.3) is 0 Å². The standard InChI is InChI=1S/C9H17N3O/c1-6-5-8(11-12-10)9(3,4)7(2)13-6/h6-8H,5H2,1-4H3. The Bertz CT molecular complexity index is 233. The highest BCUT2D eigenvalue weighted by atomic mass is 16.5. The average molecular weight is 183 g/mol. The lowest BCUT2D eigenvalue weighted by molar-refractivity contribution is -0.109. The van der Waals surface area contributed by atoms with Gasteiger partial charge in [-0.15, -0.1) is 0 Å². The highest BCUT2D eigenvalue weighted by Gasteiger charge is 2.40. The first-order valence-electron chi connectivity index (χ1n) is 4.68. The first-order valence-corrected chi connectivity index (χ1v) is 4.68. The van der Waals surface area contributed by atoms with Crippen LogP contribution in [-0.2, 0) is 4.74 Å². The van der Waals surface area contributed by atoms with E-state index in [0.29, 0.717) is 0 Å². The third-order valence-electron chi connectivity index (χ3n) is 3.09. The summed E-state index contributed by atoms with van der Waals surface area (Å²) in [6.07, 6.45) is 1.16. The zero-order valence-corrected chi connectivity index (χ0v) is 8.69. The predicted octanol–water partition coefficient (Wildman–Crippen LogP) is 2.89. The second-order valence-electron chi connectivity index (χ2n) is 4.37. The van der Waals surface area contributed by atoms with Crippen LogP contribution >= 0.6 is 0 Å². The van der Waals surface area contributed by atoms with Crippen LogP contribution in [0.5, 0.6) is 0 Å². The van der Waals surface area contributed by atoms with Crippen molar-refractivity contribution >= 4 is 0 Å². The van der Waals surface area contributed by atoms with Gasteiger partial charge < -0.3 is 4.74 Å². The molecule has 0 saturated carbocycles. The Balaban J connectivity index is 2.84. The van der Waals surface area contributed by atoms with Gasteiger partial charge in [-0.05, 0) is 31.2 Å². The van der Waals surface area contributed by atoms with Gasteiger partial charge >= 0.3 is 0 Å². The van der Waals surface area contributed by atoms with E-state index in [0.717, 1.165) is 6.42 Å². The molecule has 0 radical (unpaired) electrons. The highest BCUT2D eigenvalue weighted by molar-refractivity contribution is 4.94. The minimum Gasteiger partial charge on any atom is -0.375 e. The molecule has 1 saturated heterocycles. The average Bonchev–Trinajstić information content (AvgIpc) is 2.01. The van der Waals surface area contributed by atoms with Gasteiger partial charge in [0.15, 0.2) is 0 Å². The highest BCUT2D eigenvalue weighted by Crippen LogP contribution is 2.37. The SMILES string of the molecule is CC1CC(N=[N+]=[N-])C(C)(C)C(C)O1. The van der Waals surface area contributed by atoms with Crippen LogP contribution in [0.4, 0.5) is 0 Å². The molecule has 0 aliphatic carbocycles. The van der Waals surface area contributed by atoms with E-state index in [9.17, 15) is 0 Å². The van der Waals surface area contributed by atoms with Crippen molar-refractivity contribution in [3.05, 3.63) is 10.4 Å². The summed E-state index contributed by atoms with van der Waals surface area (Å²) in [5, 5.41) is 3.84. The molecule has 0 aromatic rings. The second-order valence-corrected chi connectivity index (χ2v) is 4.37. The maximum Gasteiger partial charge on any atom is 0.0605 e. The van der Waals surface area contributed by atoms with E-state index in [-0.39, 0.29) is 23.7 Å². The molecule has 4 nitrogen and oxygen atoms in total. The van der Waals surface area contributed by atoms with Crippen LogP contribution in [0.25, 0.3) is 10.4 Å². The monoisotopic (exact) mass is 183 g/mol. The molecule has 13 heavy (non-hydrogen) atoms. The van der Waals surface area contributed by atoms with Crippen LogP contribution in [-0.4, -0.2) is 18.2 Å². The lowest BCUT2D eigenvalue weighted by Gasteiger charge is -2.44. The first-order chi connectivity index (χ1) is 5.98. The van der Waals surface area contributed by atoms with Crippen LogP contribution in [0.3, 0.4) is 0 Å². The van der Waals surface area contributed by atoms with Crippen molar-refractivity contribution in [2.24, 2.45) is 10.5 Å². The quantitative estimate of drug-likeness (QED) is 0.350. The van der Waals surface area contributed by atoms with E-state index in [1.807, 2.05) is 13.8 Å². The second kappa shape index (κ2) is 3.56. The van der Waals surface area contributed by atoms with Gasteiger partial charge in [-0.1, -0.05) is 19.0 Å². The van der Waals surface area contributed by atoms with Crippen molar-refractivity contribution in [1.29, 1.82) is 0 Å². The van der Waals surface area contributed by atoms with Gasteiger partial charge in [0.2, 0.25) is 0 Å². The van der Waals surface area contributed by atoms with Crippen molar-refractivity contribution in [3.63, 3.8) is 0 Å². The summed E-state index contributed by atoms with van der Waals surface area (Å²) in [6, 6.07) is 0.0521. The molecule has 1 rings (SSSR count). The summed E-state index contributed by atoms with van der Waals surface area (Å²) in [5.74, 6) is 0. The molecule has 4 heteroatoms. The normalized spacial score (nSPS) is 38.0. The fourth-order valence-corrected chi connectivity index (χ4v) is 1.73. The number of hydrogen-bond donors (Lipinski definition) is 0. The van der Waals surface area contributed by atoms with Crippen molar-refractivity contribution in [3.8, 4) is 0 Å². The maximum atomic E-state index is 8.44. The summed E-state index contributed by atoms with van der Waals surface area (Å²) < 4.78 is 5.69. The number of ether oxygens (including phenoxy) is 1. The van der Waals surface area contributed by atoms with Crippen LogP contribution in [0.1, 0.15) is 34.1 Å². The van der Waals surface area contributed by atoms with E-state index in [1.165, 1.54) is 0 Å². The molecule has 0 amide bonds. The van der Waals surface area contributed by atoms with E-state index in [4.69, 9.17) is 10.3 Å². The third kappa shape index (κ3) is 1.95. The Hall–Kier alpha value is -0.730. The minimum atomic E-state index is -0.0568. The van der Waals surface area contributed by atoms with Crippen LogP contribution in [0, 0.1) is 5.41 Å². The smallest absolute Gasteiger partial charge is 0.0605 e.